The summed E-state index contributed by atoms with van der Waals surface area (Å²) in [5.74, 6) is -0.214. The molecule has 0 atom stereocenters. The largest absolute Gasteiger partial charge is 0.457 e. The number of hydrogen-bond donors (Lipinski definition) is 2. The molecule has 3 nitrogen and oxygen atoms in total. The van der Waals surface area contributed by atoms with E-state index in [1.165, 1.54) is 6.07 Å². The fourth-order valence-corrected chi connectivity index (χ4v) is 1.96. The van der Waals surface area contributed by atoms with Crippen molar-refractivity contribution >= 4 is 21.8 Å². The minimum absolute atomic E-state index is 0.0228. The zero-order valence-electron chi connectivity index (χ0n) is 10.5. The molecule has 0 fully saturated rings. The maximum absolute atomic E-state index is 13.0. The van der Waals surface area contributed by atoms with Crippen molar-refractivity contribution in [1.82, 2.24) is 0 Å². The molecule has 0 heterocycles. The summed E-state index contributed by atoms with van der Waals surface area (Å²) < 4.78 is 45.1. The Morgan fingerprint density at radius 3 is 2.14 bits per heavy atom. The summed E-state index contributed by atoms with van der Waals surface area (Å²) >= 11 is 3.25. The van der Waals surface area contributed by atoms with Gasteiger partial charge in [-0.05, 0) is 42.5 Å². The van der Waals surface area contributed by atoms with Crippen LogP contribution in [0, 0.1) is 5.41 Å². The summed E-state index contributed by atoms with van der Waals surface area (Å²) in [6, 6.07) is 9.96. The first kappa shape index (κ1) is 15.4. The Bertz CT molecular complexity index is 669. The van der Waals surface area contributed by atoms with Crippen LogP contribution in [0.4, 0.5) is 13.2 Å². The Labute approximate surface area is 127 Å². The normalized spacial score (nSPS) is 11.2. The lowest BCUT2D eigenvalue weighted by Crippen LogP contribution is -2.18. The van der Waals surface area contributed by atoms with Crippen LogP contribution >= 0.6 is 15.9 Å². The second kappa shape index (κ2) is 5.77. The highest BCUT2D eigenvalue weighted by Crippen LogP contribution is 2.35. The molecular formula is C14H10BrF3N2O. The number of benzene rings is 2. The average molecular weight is 359 g/mol. The maximum Gasteiger partial charge on any atom is 0.417 e. The predicted octanol–water partition coefficient (Wildman–Crippen LogP) is 4.54. The third-order valence-corrected chi connectivity index (χ3v) is 3.16. The fourth-order valence-electron chi connectivity index (χ4n) is 1.69. The molecule has 0 aliphatic rings. The lowest BCUT2D eigenvalue weighted by molar-refractivity contribution is -0.137. The van der Waals surface area contributed by atoms with E-state index in [4.69, 9.17) is 15.9 Å². The van der Waals surface area contributed by atoms with Crippen molar-refractivity contribution in [2.24, 2.45) is 5.73 Å². The van der Waals surface area contributed by atoms with Crippen LogP contribution in [0.3, 0.4) is 0 Å². The van der Waals surface area contributed by atoms with Crippen LogP contribution in [0.25, 0.3) is 0 Å². The van der Waals surface area contributed by atoms with Gasteiger partial charge in [0.05, 0.1) is 5.56 Å². The number of amidine groups is 1. The van der Waals surface area contributed by atoms with Crippen molar-refractivity contribution in [2.45, 2.75) is 6.18 Å². The Morgan fingerprint density at radius 2 is 1.62 bits per heavy atom. The van der Waals surface area contributed by atoms with Crippen molar-refractivity contribution in [2.75, 3.05) is 0 Å². The minimum atomic E-state index is -4.61. The van der Waals surface area contributed by atoms with E-state index in [2.05, 4.69) is 15.9 Å². The predicted molar refractivity (Wildman–Crippen MR) is 76.7 cm³/mol. The number of nitrogens with two attached hydrogens (primary N) is 1. The molecule has 0 saturated carbocycles. The van der Waals surface area contributed by atoms with Gasteiger partial charge < -0.3 is 10.5 Å². The maximum atomic E-state index is 13.0. The fraction of sp³-hybridized carbons (Fsp3) is 0.0714. The Kier molecular flexibility index (Phi) is 4.22. The second-order valence-corrected chi connectivity index (χ2v) is 5.09. The summed E-state index contributed by atoms with van der Waals surface area (Å²) in [5.41, 5.74) is 3.80. The van der Waals surface area contributed by atoms with Crippen molar-refractivity contribution < 1.29 is 17.9 Å². The first-order chi connectivity index (χ1) is 9.77. The van der Waals surface area contributed by atoms with Gasteiger partial charge in [-0.1, -0.05) is 15.9 Å². The minimum Gasteiger partial charge on any atom is -0.457 e. The van der Waals surface area contributed by atoms with Gasteiger partial charge in [-0.25, -0.2) is 0 Å². The molecule has 7 heteroatoms. The highest BCUT2D eigenvalue weighted by Gasteiger charge is 2.34. The molecular weight excluding hydrogens is 349 g/mol. The summed E-state index contributed by atoms with van der Waals surface area (Å²) in [6.45, 7) is 0. The second-order valence-electron chi connectivity index (χ2n) is 4.17. The lowest BCUT2D eigenvalue weighted by Gasteiger charge is -2.14. The number of nitrogens with one attached hydrogen (secondary N) is 1. The SMILES string of the molecule is N=C(N)c1ccc(Oc2ccc(Br)cc2)cc1C(F)(F)F. The van der Waals surface area contributed by atoms with Crippen molar-refractivity contribution in [3.63, 3.8) is 0 Å². The van der Waals surface area contributed by atoms with E-state index in [1.807, 2.05) is 0 Å². The van der Waals surface area contributed by atoms with E-state index in [1.54, 1.807) is 24.3 Å². The number of alkyl halides is 3. The molecule has 21 heavy (non-hydrogen) atoms. The highest BCUT2D eigenvalue weighted by atomic mass is 79.9. The monoisotopic (exact) mass is 358 g/mol. The molecule has 110 valence electrons. The summed E-state index contributed by atoms with van der Waals surface area (Å²) in [5, 5.41) is 7.20. The number of ether oxygens (including phenoxy) is 1. The molecule has 2 aromatic rings. The van der Waals surface area contributed by atoms with Crippen LogP contribution in [0.5, 0.6) is 11.5 Å². The first-order valence-corrected chi connectivity index (χ1v) is 6.56. The molecule has 0 amide bonds. The molecule has 3 N–H and O–H groups in total. The van der Waals surface area contributed by atoms with Crippen molar-refractivity contribution in [3.8, 4) is 11.5 Å². The summed E-state index contributed by atoms with van der Waals surface area (Å²) in [4.78, 5) is 0. The van der Waals surface area contributed by atoms with Crippen LogP contribution in [0.1, 0.15) is 11.1 Å². The Balaban J connectivity index is 2.38. The van der Waals surface area contributed by atoms with Gasteiger partial charge in [0, 0.05) is 10.0 Å². The Morgan fingerprint density at radius 1 is 1.05 bits per heavy atom. The van der Waals surface area contributed by atoms with Crippen LogP contribution in [-0.2, 0) is 6.18 Å². The summed E-state index contributed by atoms with van der Waals surface area (Å²) in [7, 11) is 0. The summed E-state index contributed by atoms with van der Waals surface area (Å²) in [6.07, 6.45) is -4.61. The first-order valence-electron chi connectivity index (χ1n) is 5.76. The van der Waals surface area contributed by atoms with Gasteiger partial charge >= 0.3 is 6.18 Å². The van der Waals surface area contributed by atoms with Gasteiger partial charge in [-0.2, -0.15) is 13.2 Å². The van der Waals surface area contributed by atoms with Gasteiger partial charge in [-0.3, -0.25) is 5.41 Å². The molecule has 0 aromatic heterocycles. The van der Waals surface area contributed by atoms with E-state index >= 15 is 0 Å². The molecule has 0 unspecified atom stereocenters. The molecule has 0 spiro atoms. The smallest absolute Gasteiger partial charge is 0.417 e. The van der Waals surface area contributed by atoms with Crippen molar-refractivity contribution in [1.29, 1.82) is 5.41 Å². The number of nitrogen functional groups attached to an aromatic ring is 1. The van der Waals surface area contributed by atoms with E-state index in [0.717, 1.165) is 16.6 Å². The molecule has 0 aliphatic heterocycles. The molecule has 0 aliphatic carbocycles. The van der Waals surface area contributed by atoms with Crippen LogP contribution in [0.15, 0.2) is 46.9 Å². The van der Waals surface area contributed by atoms with Crippen LogP contribution in [-0.4, -0.2) is 5.84 Å². The standard InChI is InChI=1S/C14H10BrF3N2O/c15-8-1-3-9(4-2-8)21-10-5-6-11(13(19)20)12(7-10)14(16,17)18/h1-7H,(H3,19,20). The number of hydrogen-bond acceptors (Lipinski definition) is 2. The molecule has 2 rings (SSSR count). The van der Waals surface area contributed by atoms with Gasteiger partial charge in [0.1, 0.15) is 17.3 Å². The molecule has 0 bridgehead atoms. The third-order valence-electron chi connectivity index (χ3n) is 2.64. The van der Waals surface area contributed by atoms with Crippen LogP contribution < -0.4 is 10.5 Å². The van der Waals surface area contributed by atoms with E-state index in [-0.39, 0.29) is 11.3 Å². The number of halogens is 4. The third kappa shape index (κ3) is 3.75. The van der Waals surface area contributed by atoms with E-state index in [9.17, 15) is 13.2 Å². The van der Waals surface area contributed by atoms with E-state index in [0.29, 0.717) is 5.75 Å². The highest BCUT2D eigenvalue weighted by molar-refractivity contribution is 9.10. The zero-order chi connectivity index (χ0) is 15.6. The van der Waals surface area contributed by atoms with Crippen molar-refractivity contribution in [3.05, 3.63) is 58.1 Å². The van der Waals surface area contributed by atoms with Crippen LogP contribution in [0.2, 0.25) is 0 Å². The molecule has 0 radical (unpaired) electrons. The topological polar surface area (TPSA) is 59.1 Å². The van der Waals surface area contributed by atoms with E-state index < -0.39 is 17.6 Å². The number of rotatable bonds is 3. The molecule has 0 saturated heterocycles. The quantitative estimate of drug-likeness (QED) is 0.624. The lowest BCUT2D eigenvalue weighted by atomic mass is 10.1. The average Bonchev–Trinajstić information content (AvgIpc) is 2.40. The molecule has 2 aromatic carbocycles. The Hall–Kier alpha value is -2.02. The zero-order valence-corrected chi connectivity index (χ0v) is 12.1. The van der Waals surface area contributed by atoms with Gasteiger partial charge in [0.15, 0.2) is 0 Å². The van der Waals surface area contributed by atoms with Gasteiger partial charge in [0.2, 0.25) is 0 Å². The van der Waals surface area contributed by atoms with Gasteiger partial charge in [-0.15, -0.1) is 0 Å². The van der Waals surface area contributed by atoms with Gasteiger partial charge in [0.25, 0.3) is 0 Å².